The van der Waals surface area contributed by atoms with E-state index in [0.717, 1.165) is 0 Å². The number of aromatic nitrogens is 2. The number of aromatic amines is 1. The van der Waals surface area contributed by atoms with Crippen LogP contribution in [0.2, 0.25) is 1.41 Å². The smallest absolute Gasteiger partial charge is 0.756 e. The van der Waals surface area contributed by atoms with Gasteiger partial charge in [0.05, 0.1) is 17.5 Å². The topological polar surface area (TPSA) is 270 Å². The summed E-state index contributed by atoms with van der Waals surface area (Å²) in [5.74, 6) is 0. The number of phosphoric acid groups is 3. The van der Waals surface area contributed by atoms with Crippen LogP contribution in [0.1, 0.15) is 17.2 Å². The molecule has 31 heavy (non-hydrogen) atoms. The minimum absolute atomic E-state index is 0. The summed E-state index contributed by atoms with van der Waals surface area (Å²) in [5.41, 5.74) is -3.97. The van der Waals surface area contributed by atoms with Crippen molar-refractivity contribution in [1.29, 1.82) is 5.72 Å². The maximum Gasteiger partial charge on any atom is 1.00 e. The van der Waals surface area contributed by atoms with Crippen LogP contribution in [-0.4, -0.2) is 60.1 Å². The summed E-state index contributed by atoms with van der Waals surface area (Å²) in [6, 6.07) is -1.59. The Balaban J connectivity index is 0.00000924. The van der Waals surface area contributed by atoms with Gasteiger partial charge in [-0.05, 0) is 0 Å². The zero-order valence-electron chi connectivity index (χ0n) is 27.9. The van der Waals surface area contributed by atoms with Crippen LogP contribution in [0, 0.1) is 0 Å². The summed E-state index contributed by atoms with van der Waals surface area (Å²) < 4.78 is 150. The van der Waals surface area contributed by atoms with Crippen molar-refractivity contribution in [3.8, 4) is 0 Å². The SMILES string of the molecule is [2H]OC1([2H])[C@]([2H])(n2c([2H])c([2H])c(=O)n([2H])c2=O)O[C@]([2H])(C([2H])([2H])OP(=O)(O[2H])OP(=O)([O-])OP(=O)([O-])O[2H])[C@@]1([2H])O[2H].[Li+].[Li+]. The molecule has 0 amide bonds. The summed E-state index contributed by atoms with van der Waals surface area (Å²) in [6.45, 7) is -4.70. The second kappa shape index (κ2) is 11.5. The first-order valence-electron chi connectivity index (χ1n) is 12.3. The number of rotatable bonds is 12. The number of nitrogens with one attached hydrogen (secondary N) is 1. The van der Waals surface area contributed by atoms with Gasteiger partial charge in [0.25, 0.3) is 21.2 Å². The molecule has 7 atom stereocenters. The van der Waals surface area contributed by atoms with E-state index in [1.54, 1.807) is 0 Å². The molecule has 2 heterocycles. The van der Waals surface area contributed by atoms with E-state index in [1.807, 2.05) is 0 Å². The van der Waals surface area contributed by atoms with Gasteiger partial charge in [0.1, 0.15) is 18.2 Å². The predicted octanol–water partition coefficient (Wildman–Crippen LogP) is -9.76. The molecule has 1 saturated heterocycles. The van der Waals surface area contributed by atoms with Crippen molar-refractivity contribution in [1.82, 2.24) is 9.54 Å². The zero-order chi connectivity index (χ0) is 33.1. The Morgan fingerprint density at radius 2 is 1.97 bits per heavy atom. The first kappa shape index (κ1) is 15.2. The van der Waals surface area contributed by atoms with E-state index in [9.17, 15) is 33.1 Å². The molecule has 0 radical (unpaired) electrons. The van der Waals surface area contributed by atoms with Gasteiger partial charge in [-0.25, -0.2) is 18.0 Å². The third kappa shape index (κ3) is 9.14. The third-order valence-electron chi connectivity index (χ3n) is 2.32. The largest absolute Gasteiger partial charge is 1.00 e. The van der Waals surface area contributed by atoms with Crippen LogP contribution in [0.4, 0.5) is 0 Å². The Kier molecular flexibility index (Phi) is 5.66. The molecule has 1 aromatic rings. The quantitative estimate of drug-likeness (QED) is 0.129. The number of phosphoric ester groups is 1. The first-order valence-corrected chi connectivity index (χ1v) is 10.6. The summed E-state index contributed by atoms with van der Waals surface area (Å²) >= 11 is 0. The van der Waals surface area contributed by atoms with Crippen LogP contribution >= 0.6 is 23.5 Å². The number of hydrogen-bond donors (Lipinski definition) is 5. The Bertz CT molecular complexity index is 1520. The molecular formula is C9H13Li2N2O15P3. The minimum atomic E-state index is -6.64. The van der Waals surface area contributed by atoms with E-state index < -0.39 is 87.5 Å². The Morgan fingerprint density at radius 1 is 1.29 bits per heavy atom. The van der Waals surface area contributed by atoms with Crippen LogP contribution in [0.3, 0.4) is 0 Å². The molecule has 1 aliphatic heterocycles. The monoisotopic (exact) mass is 509 g/mol. The van der Waals surface area contributed by atoms with Crippen molar-refractivity contribution in [2.75, 3.05) is 6.56 Å². The van der Waals surface area contributed by atoms with Crippen LogP contribution in [0.5, 0.6) is 0 Å². The molecule has 0 bridgehead atoms. The molecule has 2 rings (SSSR count). The van der Waals surface area contributed by atoms with E-state index in [4.69, 9.17) is 18.1 Å². The number of nitrogens with zero attached hydrogens (tertiary/aromatic N) is 1. The Hall–Kier alpha value is 0.165. The second-order valence-electron chi connectivity index (χ2n) is 4.36. The predicted molar refractivity (Wildman–Crippen MR) is 82.6 cm³/mol. The van der Waals surface area contributed by atoms with Crippen molar-refractivity contribution >= 4 is 23.5 Å². The van der Waals surface area contributed by atoms with E-state index in [-0.39, 0.29) is 37.7 Å². The fourth-order valence-electron chi connectivity index (χ4n) is 1.43. The first-order chi connectivity index (χ1) is 18.7. The van der Waals surface area contributed by atoms with E-state index in [1.165, 1.54) is 0 Å². The van der Waals surface area contributed by atoms with Crippen LogP contribution in [-0.2, 0) is 31.6 Å². The average Bonchev–Trinajstić information content (AvgIpc) is 3.01. The zero-order valence-corrected chi connectivity index (χ0v) is 17.5. The normalized spacial score (nSPS) is 44.8. The molecule has 1 aliphatic rings. The number of H-pyrrole nitrogens is 1. The summed E-state index contributed by atoms with van der Waals surface area (Å²) in [4.78, 5) is 52.8. The molecule has 1 fully saturated rings. The van der Waals surface area contributed by atoms with Crippen molar-refractivity contribution in [3.05, 3.63) is 33.1 Å². The molecule has 166 valence electrons. The molecular weight excluding hydrogens is 483 g/mol. The standard InChI is InChI=1S/C9H15N2O15P3.2Li/c12-5-1-2-11(9(15)10-5)8-7(14)6(13)4(24-8)3-23-28(19,20)26-29(21,22)25-27(16,17)18;;/h1-2,4,6-8,13-14H,3H2,(H,19,20)(H,21,22)(H,10,12,15)(H2,16,17,18);;/q;2*+1/p-2/t4-,6-,7?,8-;;/m1../s1/i1D,2D,3D2,4D,6D,7D,8D,13D,14D;;/hD3. The Morgan fingerprint density at radius 3 is 2.55 bits per heavy atom. The van der Waals surface area contributed by atoms with Gasteiger partial charge in [-0.1, -0.05) is 0 Å². The maximum atomic E-state index is 12.6. The summed E-state index contributed by atoms with van der Waals surface area (Å²) in [7, 11) is -19.3. The molecule has 22 heteroatoms. The van der Waals surface area contributed by atoms with E-state index in [2.05, 4.69) is 37.9 Å². The van der Waals surface area contributed by atoms with Crippen LogP contribution in [0.25, 0.3) is 0 Å². The van der Waals surface area contributed by atoms with Gasteiger partial charge >= 0.3 is 51.2 Å². The fourth-order valence-corrected chi connectivity index (χ4v) is 4.11. The third-order valence-corrected chi connectivity index (χ3v) is 5.84. The Labute approximate surface area is 214 Å². The van der Waals surface area contributed by atoms with Crippen molar-refractivity contribution < 1.29 is 111 Å². The molecule has 17 nitrogen and oxygen atoms in total. The van der Waals surface area contributed by atoms with Crippen LogP contribution in [0.15, 0.2) is 21.8 Å². The van der Waals surface area contributed by atoms with Gasteiger partial charge in [0.15, 0.2) is 7.62 Å². The van der Waals surface area contributed by atoms with Gasteiger partial charge in [-0.15, -0.1) is 0 Å². The van der Waals surface area contributed by atoms with E-state index >= 15 is 0 Å². The molecule has 0 spiro atoms. The van der Waals surface area contributed by atoms with Gasteiger partial charge in [-0.2, -0.15) is 0 Å². The van der Waals surface area contributed by atoms with Crippen molar-refractivity contribution in [3.63, 3.8) is 0 Å². The van der Waals surface area contributed by atoms with Gasteiger partial charge in [-0.3, -0.25) is 28.0 Å². The average molecular weight is 509 g/mol. The molecule has 0 saturated carbocycles. The van der Waals surface area contributed by atoms with Gasteiger partial charge < -0.3 is 34.5 Å². The van der Waals surface area contributed by atoms with Crippen LogP contribution < -0.4 is 58.8 Å². The van der Waals surface area contributed by atoms with Gasteiger partial charge in [0.2, 0.25) is 5.72 Å². The maximum absolute atomic E-state index is 12.6. The number of hydrogen-bond acceptors (Lipinski definition) is 15. The fraction of sp³-hybridized carbons (Fsp3) is 0.556. The number of ether oxygens (including phenoxy) is 1. The summed E-state index contributed by atoms with van der Waals surface area (Å²) in [6.07, 6.45) is -19.3. The second-order valence-corrected chi connectivity index (χ2v) is 8.54. The molecule has 0 aliphatic carbocycles. The van der Waals surface area contributed by atoms with Crippen molar-refractivity contribution in [2.45, 2.75) is 24.4 Å². The summed E-state index contributed by atoms with van der Waals surface area (Å²) in [5, 5.41) is 7.72. The molecule has 1 aromatic heterocycles. The molecule has 5 N–H and O–H groups in total. The van der Waals surface area contributed by atoms with Gasteiger partial charge in [0, 0.05) is 12.2 Å². The van der Waals surface area contributed by atoms with E-state index in [0.29, 0.717) is 0 Å². The van der Waals surface area contributed by atoms with Crippen molar-refractivity contribution in [2.24, 2.45) is 0 Å². The number of aliphatic hydroxyl groups is 2. The molecule has 4 unspecified atom stereocenters. The minimum Gasteiger partial charge on any atom is -0.756 e. The molecule has 0 aromatic carbocycles.